The van der Waals surface area contributed by atoms with Gasteiger partial charge >= 0.3 is 41.5 Å². The lowest BCUT2D eigenvalue weighted by Crippen LogP contribution is -2.42. The fourth-order valence-corrected chi connectivity index (χ4v) is 9.62. The van der Waals surface area contributed by atoms with Gasteiger partial charge in [-0.05, 0) is 86.4 Å². The van der Waals surface area contributed by atoms with Gasteiger partial charge in [0.1, 0.15) is 12.7 Å². The monoisotopic (exact) mass is 1040 g/mol. The number of carbonyl (C=O) groups excluding carboxylic acids is 6. The minimum Gasteiger partial charge on any atom is -0.469 e. The largest absolute Gasteiger partial charge is 0.469 e. The Morgan fingerprint density at radius 1 is 0.853 bits per heavy atom. The number of nitrogens with one attached hydrogen (secondary N) is 3. The van der Waals surface area contributed by atoms with E-state index in [1.54, 1.807) is 6.08 Å². The van der Waals surface area contributed by atoms with Gasteiger partial charge < -0.3 is 43.5 Å². The first-order valence-electron chi connectivity index (χ1n) is 24.3. The lowest BCUT2D eigenvalue weighted by atomic mass is 9.82. The van der Waals surface area contributed by atoms with Crippen molar-refractivity contribution in [2.24, 2.45) is 21.8 Å². The standard InChI is InChI=1S/C54H64N6O15/c1-13-33-15-18-39-29(5)37(20-46(65)70-11)49(57-39)38(21-47(66)71-12)48-36(17-19-45(64)69-10)28(4)42(58-48)23-41-27(3)35(43(56-41)22-40(55-9)26(33)2)16-14-34-24-60(54(68)59-52(34)67)53-51(74-32(8)63)50(73-31(7)62)44(75-53)25-72-30(6)61/h14-16,18,22-24,28,36,39,44,50-51,53,56-57H,9,13,17,19-21,25H2,1-8,10-12H3,(H,59,67,68)/b16-14+,18-15-,33-26-,40-22+,42-23-,49-38-/t28-,36-,39?,44+,50?,51?,53+/m0/s1. The van der Waals surface area contributed by atoms with E-state index < -0.39 is 90.2 Å². The number of aromatic amines is 2. The zero-order valence-electron chi connectivity index (χ0n) is 44.0. The summed E-state index contributed by atoms with van der Waals surface area (Å²) in [5.41, 5.74) is 6.49. The lowest BCUT2D eigenvalue weighted by Gasteiger charge is -2.24. The van der Waals surface area contributed by atoms with E-state index in [2.05, 4.69) is 27.0 Å². The number of allylic oxidation sites excluding steroid dienone is 5. The van der Waals surface area contributed by atoms with Crippen molar-refractivity contribution >= 4 is 72.5 Å². The number of rotatable bonds is 16. The zero-order chi connectivity index (χ0) is 55.0. The molecule has 0 aromatic carbocycles. The summed E-state index contributed by atoms with van der Waals surface area (Å²) in [5, 5.41) is 3.59. The Kier molecular flexibility index (Phi) is 18.3. The molecule has 2 aromatic rings. The summed E-state index contributed by atoms with van der Waals surface area (Å²) in [6.45, 7) is 16.6. The molecule has 6 rings (SSSR count). The Labute approximate surface area is 433 Å². The molecule has 6 heterocycles. The quantitative estimate of drug-likeness (QED) is 0.104. The van der Waals surface area contributed by atoms with Crippen LogP contribution < -0.4 is 16.6 Å². The molecule has 75 heavy (non-hydrogen) atoms. The van der Waals surface area contributed by atoms with Crippen LogP contribution in [0.25, 0.3) is 24.3 Å². The number of fused-ring (bicyclic) bond motifs is 5. The van der Waals surface area contributed by atoms with Crippen molar-refractivity contribution in [3.63, 3.8) is 0 Å². The van der Waals surface area contributed by atoms with Crippen molar-refractivity contribution in [3.8, 4) is 0 Å². The van der Waals surface area contributed by atoms with Gasteiger partial charge in [-0.25, -0.2) is 4.79 Å². The molecule has 21 nitrogen and oxygen atoms in total. The second-order valence-corrected chi connectivity index (χ2v) is 18.4. The third-order valence-electron chi connectivity index (χ3n) is 13.7. The van der Waals surface area contributed by atoms with Crippen LogP contribution >= 0.6 is 0 Å². The van der Waals surface area contributed by atoms with E-state index in [0.717, 1.165) is 35.1 Å². The Morgan fingerprint density at radius 2 is 1.51 bits per heavy atom. The molecule has 3 N–H and O–H groups in total. The molecule has 4 aliphatic rings. The molecule has 400 valence electrons. The minimum absolute atomic E-state index is 0.0364. The topological polar surface area (TPSA) is 274 Å². The van der Waals surface area contributed by atoms with Crippen molar-refractivity contribution in [1.29, 1.82) is 0 Å². The molecule has 21 heteroatoms. The van der Waals surface area contributed by atoms with Crippen molar-refractivity contribution < 1.29 is 61.9 Å². The highest BCUT2D eigenvalue weighted by Crippen LogP contribution is 2.42. The number of hydrogen-bond donors (Lipinski definition) is 3. The van der Waals surface area contributed by atoms with E-state index in [4.69, 9.17) is 38.2 Å². The van der Waals surface area contributed by atoms with Gasteiger partial charge in [0.2, 0.25) is 0 Å². The maximum atomic E-state index is 13.6. The highest BCUT2D eigenvalue weighted by Gasteiger charge is 2.51. The van der Waals surface area contributed by atoms with Gasteiger partial charge in [0.15, 0.2) is 18.4 Å². The average molecular weight is 1040 g/mol. The first-order valence-corrected chi connectivity index (χ1v) is 24.3. The fourth-order valence-electron chi connectivity index (χ4n) is 9.62. The van der Waals surface area contributed by atoms with Gasteiger partial charge in [0, 0.05) is 79.1 Å². The third-order valence-corrected chi connectivity index (χ3v) is 13.7. The Balaban J connectivity index is 1.59. The predicted molar refractivity (Wildman–Crippen MR) is 276 cm³/mol. The summed E-state index contributed by atoms with van der Waals surface area (Å²) < 4.78 is 38.7. The number of nitrogens with zero attached hydrogens (tertiary/aromatic N) is 3. The van der Waals surface area contributed by atoms with Crippen LogP contribution in [0.5, 0.6) is 0 Å². The van der Waals surface area contributed by atoms with Crippen LogP contribution in [0.3, 0.4) is 0 Å². The van der Waals surface area contributed by atoms with Crippen molar-refractivity contribution in [1.82, 2.24) is 19.9 Å². The van der Waals surface area contributed by atoms with E-state index in [1.807, 2.05) is 58.9 Å². The molecular weight excluding hydrogens is 973 g/mol. The molecule has 0 amide bonds. The molecule has 0 aliphatic carbocycles. The number of H-pyrrole nitrogens is 2. The first-order chi connectivity index (χ1) is 35.6. The van der Waals surface area contributed by atoms with Gasteiger partial charge in [0.25, 0.3) is 5.56 Å². The second-order valence-electron chi connectivity index (χ2n) is 18.4. The minimum atomic E-state index is -1.46. The van der Waals surface area contributed by atoms with Crippen LogP contribution in [0.2, 0.25) is 0 Å². The maximum Gasteiger partial charge on any atom is 0.330 e. The average Bonchev–Trinajstić information content (AvgIpc) is 4.06. The summed E-state index contributed by atoms with van der Waals surface area (Å²) in [6, 6.07) is -0.433. The van der Waals surface area contributed by atoms with Crippen LogP contribution in [-0.4, -0.2) is 115 Å². The number of carbonyl (C=O) groups is 6. The number of aromatic nitrogens is 3. The summed E-state index contributed by atoms with van der Waals surface area (Å²) >= 11 is 0. The van der Waals surface area contributed by atoms with Gasteiger partial charge in [-0.3, -0.25) is 53.1 Å². The summed E-state index contributed by atoms with van der Waals surface area (Å²) in [6.07, 6.45) is 7.26. The molecule has 7 atom stereocenters. The maximum absolute atomic E-state index is 13.6. The number of aliphatic imine (C=N–C) groups is 2. The number of hydrogen-bond acceptors (Lipinski definition) is 18. The number of esters is 6. The molecular formula is C54H64N6O15. The number of methoxy groups -OCH3 is 3. The van der Waals surface area contributed by atoms with E-state index >= 15 is 0 Å². The molecule has 2 aromatic heterocycles. The Hall–Kier alpha value is -7.94. The highest BCUT2D eigenvalue weighted by molar-refractivity contribution is 6.08. The van der Waals surface area contributed by atoms with Crippen LogP contribution in [0.15, 0.2) is 82.9 Å². The molecule has 0 spiro atoms. The van der Waals surface area contributed by atoms with E-state index in [1.165, 1.54) is 40.5 Å². The van der Waals surface area contributed by atoms with Crippen LogP contribution in [-0.2, 0) is 61.9 Å². The molecule has 0 radical (unpaired) electrons. The van der Waals surface area contributed by atoms with Gasteiger partial charge in [-0.1, -0.05) is 32.1 Å². The van der Waals surface area contributed by atoms with Crippen molar-refractivity contribution in [2.75, 3.05) is 27.9 Å². The zero-order valence-corrected chi connectivity index (χ0v) is 44.0. The predicted octanol–water partition coefficient (Wildman–Crippen LogP) is 5.67. The summed E-state index contributed by atoms with van der Waals surface area (Å²) in [7, 11) is 3.91. The second kappa shape index (κ2) is 24.4. The van der Waals surface area contributed by atoms with E-state index in [-0.39, 0.29) is 30.7 Å². The smallest absolute Gasteiger partial charge is 0.330 e. The molecule has 4 aliphatic heterocycles. The van der Waals surface area contributed by atoms with Gasteiger partial charge in [0.05, 0.1) is 57.2 Å². The summed E-state index contributed by atoms with van der Waals surface area (Å²) in [4.78, 5) is 118. The fraction of sp³-hybridized carbons (Fsp3) is 0.444. The molecule has 1 fully saturated rings. The van der Waals surface area contributed by atoms with Crippen LogP contribution in [0.1, 0.15) is 115 Å². The lowest BCUT2D eigenvalue weighted by molar-refractivity contribution is -0.166. The number of ether oxygens (including phenoxy) is 7. The molecule has 3 unspecified atom stereocenters. The molecule has 1 saturated heterocycles. The van der Waals surface area contributed by atoms with Crippen LogP contribution in [0.4, 0.5) is 0 Å². The van der Waals surface area contributed by atoms with Crippen molar-refractivity contribution in [3.05, 3.63) is 112 Å². The summed E-state index contributed by atoms with van der Waals surface area (Å²) in [5.74, 6) is -4.45. The first kappa shape index (κ1) is 56.4. The van der Waals surface area contributed by atoms with Crippen LogP contribution in [0, 0.1) is 18.8 Å². The van der Waals surface area contributed by atoms with Gasteiger partial charge in [-0.2, -0.15) is 0 Å². The molecule has 6 bridgehead atoms. The Bertz CT molecular complexity index is 3050. The molecule has 0 saturated carbocycles. The highest BCUT2D eigenvalue weighted by atomic mass is 16.7. The van der Waals surface area contributed by atoms with E-state index in [0.29, 0.717) is 69.3 Å². The normalized spacial score (nSPS) is 26.2. The Morgan fingerprint density at radius 3 is 2.12 bits per heavy atom. The van der Waals surface area contributed by atoms with Crippen molar-refractivity contribution in [2.45, 2.75) is 118 Å². The van der Waals surface area contributed by atoms with Gasteiger partial charge in [-0.15, -0.1) is 0 Å². The third kappa shape index (κ3) is 12.7. The van der Waals surface area contributed by atoms with E-state index in [9.17, 15) is 38.4 Å². The SMILES string of the molecule is C=NC1=C/c2[nH]c(c(C)c2/C=C/c2cn([C@@H]3O[C@H](COC(C)=O)C(OC(C)=O)C3OC(C)=O)c(=O)[nH]c2=O)/C=C2N=C(/C(CC(=O)OC)=C3\NC(\C=C/C(CC)=C\1C)C(C)=C3CC(=O)OC)[C@@H](CCC(=O)OC)[C@@H]\2C.